The lowest BCUT2D eigenvalue weighted by Gasteiger charge is -2.25. The number of carbonyl (C=O) groups is 1. The van der Waals surface area contributed by atoms with E-state index in [1.165, 1.54) is 0 Å². The third-order valence-electron chi connectivity index (χ3n) is 3.45. The Labute approximate surface area is 98.1 Å². The first-order chi connectivity index (χ1) is 7.69. The van der Waals surface area contributed by atoms with Gasteiger partial charge in [0.1, 0.15) is 0 Å². The minimum Gasteiger partial charge on any atom is -0.392 e. The summed E-state index contributed by atoms with van der Waals surface area (Å²) in [6, 6.07) is 0. The van der Waals surface area contributed by atoms with Crippen LogP contribution in [0, 0.1) is 11.8 Å². The van der Waals surface area contributed by atoms with E-state index in [0.717, 1.165) is 37.7 Å². The zero-order valence-electron chi connectivity index (χ0n) is 10.1. The molecule has 1 N–H and O–H groups in total. The molecule has 16 heavy (non-hydrogen) atoms. The van der Waals surface area contributed by atoms with E-state index >= 15 is 0 Å². The number of ketones is 1. The Kier molecular flexibility index (Phi) is 5.47. The monoisotopic (exact) mass is 222 g/mol. The quantitative estimate of drug-likeness (QED) is 0.554. The van der Waals surface area contributed by atoms with Crippen LogP contribution >= 0.6 is 0 Å². The van der Waals surface area contributed by atoms with Crippen LogP contribution in [0.15, 0.2) is 24.3 Å². The van der Waals surface area contributed by atoms with E-state index < -0.39 is 0 Å². The molecular formula is C14H22O2. The summed E-state index contributed by atoms with van der Waals surface area (Å²) < 4.78 is 0. The molecule has 0 saturated carbocycles. The molecule has 2 nitrogen and oxygen atoms in total. The Morgan fingerprint density at radius 2 is 2.44 bits per heavy atom. The van der Waals surface area contributed by atoms with Crippen molar-refractivity contribution in [3.63, 3.8) is 0 Å². The molecule has 90 valence electrons. The minimum absolute atomic E-state index is 0.0311. The van der Waals surface area contributed by atoms with Gasteiger partial charge in [-0.1, -0.05) is 13.0 Å². The van der Waals surface area contributed by atoms with Crippen LogP contribution < -0.4 is 0 Å². The van der Waals surface area contributed by atoms with Crippen LogP contribution in [0.5, 0.6) is 0 Å². The third-order valence-corrected chi connectivity index (χ3v) is 3.45. The highest BCUT2D eigenvalue weighted by Gasteiger charge is 2.26. The number of aliphatic hydroxyl groups is 1. The summed E-state index contributed by atoms with van der Waals surface area (Å²) in [7, 11) is 0. The van der Waals surface area contributed by atoms with E-state index in [0.29, 0.717) is 5.92 Å². The summed E-state index contributed by atoms with van der Waals surface area (Å²) in [4.78, 5) is 11.8. The Hall–Kier alpha value is -0.890. The molecule has 1 aliphatic carbocycles. The molecule has 1 rings (SSSR count). The van der Waals surface area contributed by atoms with Gasteiger partial charge in [-0.3, -0.25) is 4.79 Å². The fourth-order valence-corrected chi connectivity index (χ4v) is 2.34. The van der Waals surface area contributed by atoms with Crippen molar-refractivity contribution in [2.45, 2.75) is 39.0 Å². The van der Waals surface area contributed by atoms with Crippen molar-refractivity contribution in [1.29, 1.82) is 0 Å². The molecule has 0 aromatic heterocycles. The zero-order chi connectivity index (χ0) is 12.0. The first kappa shape index (κ1) is 13.2. The van der Waals surface area contributed by atoms with Gasteiger partial charge in [-0.25, -0.2) is 0 Å². The predicted octanol–water partition coefficient (Wildman–Crippen LogP) is 2.88. The van der Waals surface area contributed by atoms with E-state index in [1.807, 2.05) is 6.08 Å². The van der Waals surface area contributed by atoms with Crippen LogP contribution in [0.25, 0.3) is 0 Å². The van der Waals surface area contributed by atoms with E-state index in [2.05, 4.69) is 13.5 Å². The highest BCUT2D eigenvalue weighted by atomic mass is 16.3. The standard InChI is InChI=1S/C14H22O2/c1-3-4-5-6-11(2)13-8-7-12(10-15)9-14(13)16/h3,9,11,13,15H,1,4-8,10H2,2H3/t11-,13-/m1/s1. The van der Waals surface area contributed by atoms with Crippen molar-refractivity contribution in [3.05, 3.63) is 24.3 Å². The normalized spacial score (nSPS) is 22.8. The molecule has 0 amide bonds. The van der Waals surface area contributed by atoms with Gasteiger partial charge in [0.15, 0.2) is 5.78 Å². The van der Waals surface area contributed by atoms with Crippen molar-refractivity contribution in [1.82, 2.24) is 0 Å². The van der Waals surface area contributed by atoms with E-state index in [-0.39, 0.29) is 18.3 Å². The van der Waals surface area contributed by atoms with Crippen LogP contribution in [0.2, 0.25) is 0 Å². The number of hydrogen-bond donors (Lipinski definition) is 1. The van der Waals surface area contributed by atoms with Crippen molar-refractivity contribution < 1.29 is 9.90 Å². The summed E-state index contributed by atoms with van der Waals surface area (Å²) >= 11 is 0. The van der Waals surface area contributed by atoms with E-state index in [4.69, 9.17) is 5.11 Å². The maximum absolute atomic E-state index is 11.8. The predicted molar refractivity (Wildman–Crippen MR) is 66.1 cm³/mol. The molecule has 0 radical (unpaired) electrons. The topological polar surface area (TPSA) is 37.3 Å². The van der Waals surface area contributed by atoms with Gasteiger partial charge in [0.05, 0.1) is 6.61 Å². The number of rotatable bonds is 6. The van der Waals surface area contributed by atoms with Crippen LogP contribution in [0.1, 0.15) is 39.0 Å². The molecule has 0 spiro atoms. The molecule has 0 saturated heterocycles. The number of allylic oxidation sites excluding steroid dienone is 2. The lowest BCUT2D eigenvalue weighted by atomic mass is 9.78. The van der Waals surface area contributed by atoms with Gasteiger partial charge in [-0.2, -0.15) is 0 Å². The van der Waals surface area contributed by atoms with E-state index in [9.17, 15) is 4.79 Å². The Morgan fingerprint density at radius 3 is 3.00 bits per heavy atom. The minimum atomic E-state index is 0.0311. The number of carbonyl (C=O) groups excluding carboxylic acids is 1. The fourth-order valence-electron chi connectivity index (χ4n) is 2.34. The third kappa shape index (κ3) is 3.60. The van der Waals surface area contributed by atoms with Crippen LogP contribution in [0.4, 0.5) is 0 Å². The maximum Gasteiger partial charge on any atom is 0.159 e. The first-order valence-corrected chi connectivity index (χ1v) is 6.14. The van der Waals surface area contributed by atoms with Gasteiger partial charge in [0.25, 0.3) is 0 Å². The fraction of sp³-hybridized carbons (Fsp3) is 0.643. The zero-order valence-corrected chi connectivity index (χ0v) is 10.1. The number of aliphatic hydroxyl groups excluding tert-OH is 1. The first-order valence-electron chi connectivity index (χ1n) is 6.14. The van der Waals surface area contributed by atoms with E-state index in [1.54, 1.807) is 6.08 Å². The van der Waals surface area contributed by atoms with Gasteiger partial charge in [-0.15, -0.1) is 6.58 Å². The van der Waals surface area contributed by atoms with Gasteiger partial charge in [-0.05, 0) is 49.7 Å². The molecule has 0 bridgehead atoms. The largest absolute Gasteiger partial charge is 0.392 e. The van der Waals surface area contributed by atoms with Gasteiger partial charge >= 0.3 is 0 Å². The molecule has 0 aliphatic heterocycles. The lowest BCUT2D eigenvalue weighted by molar-refractivity contribution is -0.120. The molecule has 0 unspecified atom stereocenters. The van der Waals surface area contributed by atoms with Gasteiger partial charge < -0.3 is 5.11 Å². The van der Waals surface area contributed by atoms with Crippen LogP contribution in [0.3, 0.4) is 0 Å². The second-order valence-corrected chi connectivity index (χ2v) is 4.71. The molecule has 2 atom stereocenters. The molecule has 0 aromatic rings. The Morgan fingerprint density at radius 1 is 1.69 bits per heavy atom. The highest BCUT2D eigenvalue weighted by Crippen LogP contribution is 2.29. The summed E-state index contributed by atoms with van der Waals surface area (Å²) in [5, 5.41) is 8.98. The molecule has 0 aromatic carbocycles. The average molecular weight is 222 g/mol. The second kappa shape index (κ2) is 6.64. The summed E-state index contributed by atoms with van der Waals surface area (Å²) in [5.74, 6) is 0.825. The Balaban J connectivity index is 2.46. The summed E-state index contributed by atoms with van der Waals surface area (Å²) in [6.45, 7) is 5.89. The number of hydrogen-bond acceptors (Lipinski definition) is 2. The molecule has 0 fully saturated rings. The number of unbranched alkanes of at least 4 members (excludes halogenated alkanes) is 1. The van der Waals surface area contributed by atoms with Crippen LogP contribution in [-0.2, 0) is 4.79 Å². The molecule has 0 heterocycles. The van der Waals surface area contributed by atoms with Crippen molar-refractivity contribution in [3.8, 4) is 0 Å². The molecular weight excluding hydrogens is 200 g/mol. The SMILES string of the molecule is C=CCCC[C@@H](C)[C@H]1CCC(CO)=CC1=O. The van der Waals surface area contributed by atoms with Gasteiger partial charge in [0, 0.05) is 5.92 Å². The maximum atomic E-state index is 11.8. The van der Waals surface area contributed by atoms with Gasteiger partial charge in [0.2, 0.25) is 0 Å². The average Bonchev–Trinajstić information content (AvgIpc) is 2.29. The Bertz CT molecular complexity index is 278. The highest BCUT2D eigenvalue weighted by molar-refractivity contribution is 5.93. The smallest absolute Gasteiger partial charge is 0.159 e. The second-order valence-electron chi connectivity index (χ2n) is 4.71. The molecule has 1 aliphatic rings. The van der Waals surface area contributed by atoms with Crippen LogP contribution in [-0.4, -0.2) is 17.5 Å². The van der Waals surface area contributed by atoms with Crippen molar-refractivity contribution in [2.75, 3.05) is 6.61 Å². The lowest BCUT2D eigenvalue weighted by Crippen LogP contribution is -2.24. The van der Waals surface area contributed by atoms with Crippen molar-refractivity contribution >= 4 is 5.78 Å². The summed E-state index contributed by atoms with van der Waals surface area (Å²) in [5.41, 5.74) is 0.888. The summed E-state index contributed by atoms with van der Waals surface area (Å²) in [6.07, 6.45) is 8.59. The molecule has 2 heteroatoms. The van der Waals surface area contributed by atoms with Crippen molar-refractivity contribution in [2.24, 2.45) is 11.8 Å².